The van der Waals surface area contributed by atoms with Gasteiger partial charge in [-0.2, -0.15) is 5.10 Å². The van der Waals surface area contributed by atoms with Crippen molar-refractivity contribution in [2.45, 2.75) is 34.0 Å². The van der Waals surface area contributed by atoms with E-state index in [-0.39, 0.29) is 30.4 Å². The number of hydrogen-bond acceptors (Lipinski definition) is 7. The molecule has 3 aromatic carbocycles. The molecule has 0 bridgehead atoms. The van der Waals surface area contributed by atoms with Crippen LogP contribution in [0.15, 0.2) is 98.9 Å². The zero-order valence-corrected chi connectivity index (χ0v) is 25.8. The lowest BCUT2D eigenvalue weighted by molar-refractivity contribution is -0.386. The number of nitro benzene ring substituents is 1. The summed E-state index contributed by atoms with van der Waals surface area (Å²) in [7, 11) is 0. The molecule has 0 aliphatic heterocycles. The molecule has 5 rings (SSSR count). The van der Waals surface area contributed by atoms with Crippen molar-refractivity contribution in [3.8, 4) is 17.2 Å². The summed E-state index contributed by atoms with van der Waals surface area (Å²) in [6.45, 7) is 6.39. The van der Waals surface area contributed by atoms with Crippen LogP contribution in [0.5, 0.6) is 11.5 Å². The standard InChI is InChI=1S/C33H29BrN4O6/c1-21-4-8-24(9-5-21)19-43-32-29(34)16-25(17-30(32)38(40)41)18-35-36-33(39)31-15-14-28(44-31)20-42-27-12-10-26(11-13-27)37-22(2)6-7-23(37)3/h4-18H,19-20H2,1-3H3,(H,36,39)/b35-18+. The predicted octanol–water partition coefficient (Wildman–Crippen LogP) is 7.59. The van der Waals surface area contributed by atoms with Crippen molar-refractivity contribution in [3.05, 3.63) is 139 Å². The van der Waals surface area contributed by atoms with E-state index in [4.69, 9.17) is 13.9 Å². The molecule has 2 aromatic heterocycles. The van der Waals surface area contributed by atoms with E-state index in [0.717, 1.165) is 28.2 Å². The van der Waals surface area contributed by atoms with Crippen LogP contribution in [0.4, 0.5) is 5.69 Å². The van der Waals surface area contributed by atoms with Gasteiger partial charge in [0.1, 0.15) is 24.7 Å². The van der Waals surface area contributed by atoms with E-state index in [0.29, 0.717) is 21.5 Å². The molecule has 11 heteroatoms. The first-order chi connectivity index (χ1) is 21.2. The van der Waals surface area contributed by atoms with Gasteiger partial charge in [0.15, 0.2) is 5.76 Å². The maximum absolute atomic E-state index is 12.6. The SMILES string of the molecule is Cc1ccc(COc2c(Br)cc(/C=N/NC(=O)c3ccc(COc4ccc(-n5c(C)ccc5C)cc4)o3)cc2[N+](=O)[O-])cc1. The molecule has 2 heterocycles. The van der Waals surface area contributed by atoms with Gasteiger partial charge in [-0.15, -0.1) is 0 Å². The van der Waals surface area contributed by atoms with Gasteiger partial charge in [-0.05, 0) is 96.9 Å². The fourth-order valence-corrected chi connectivity index (χ4v) is 5.09. The lowest BCUT2D eigenvalue weighted by atomic mass is 10.1. The highest BCUT2D eigenvalue weighted by Gasteiger charge is 2.20. The lowest BCUT2D eigenvalue weighted by Crippen LogP contribution is -2.16. The number of halogens is 1. The minimum Gasteiger partial charge on any atom is -0.486 e. The van der Waals surface area contributed by atoms with Gasteiger partial charge in [0.25, 0.3) is 0 Å². The van der Waals surface area contributed by atoms with Crippen LogP contribution >= 0.6 is 15.9 Å². The highest BCUT2D eigenvalue weighted by atomic mass is 79.9. The first-order valence-electron chi connectivity index (χ1n) is 13.6. The van der Waals surface area contributed by atoms with Gasteiger partial charge in [0.05, 0.1) is 15.6 Å². The Kier molecular flexibility index (Phi) is 9.25. The number of ether oxygens (including phenoxy) is 2. The summed E-state index contributed by atoms with van der Waals surface area (Å²) in [5.74, 6) is 0.683. The minimum absolute atomic E-state index is 0.0432. The van der Waals surface area contributed by atoms with Crippen LogP contribution in [-0.4, -0.2) is 21.6 Å². The van der Waals surface area contributed by atoms with Crippen LogP contribution in [0.1, 0.15) is 44.4 Å². The predicted molar refractivity (Wildman–Crippen MR) is 170 cm³/mol. The Bertz CT molecular complexity index is 1800. The van der Waals surface area contributed by atoms with Crippen molar-refractivity contribution in [2.75, 3.05) is 0 Å². The van der Waals surface area contributed by atoms with E-state index in [1.807, 2.05) is 55.5 Å². The molecule has 0 atom stereocenters. The first-order valence-corrected chi connectivity index (χ1v) is 14.4. The highest BCUT2D eigenvalue weighted by molar-refractivity contribution is 9.10. The molecule has 44 heavy (non-hydrogen) atoms. The van der Waals surface area contributed by atoms with Crippen LogP contribution in [0.2, 0.25) is 0 Å². The van der Waals surface area contributed by atoms with E-state index in [2.05, 4.69) is 57.0 Å². The number of hydrogen-bond donors (Lipinski definition) is 1. The quantitative estimate of drug-likeness (QED) is 0.0888. The molecule has 0 saturated heterocycles. The summed E-state index contributed by atoms with van der Waals surface area (Å²) in [5, 5.41) is 15.7. The average Bonchev–Trinajstić information content (AvgIpc) is 3.62. The molecule has 0 spiro atoms. The number of furan rings is 1. The molecule has 10 nitrogen and oxygen atoms in total. The number of benzene rings is 3. The Labute approximate surface area is 262 Å². The van der Waals surface area contributed by atoms with Crippen molar-refractivity contribution in [1.29, 1.82) is 0 Å². The monoisotopic (exact) mass is 656 g/mol. The van der Waals surface area contributed by atoms with Crippen LogP contribution in [-0.2, 0) is 13.2 Å². The maximum atomic E-state index is 12.6. The average molecular weight is 658 g/mol. The molecule has 5 aromatic rings. The number of hydrazone groups is 1. The van der Waals surface area contributed by atoms with E-state index in [1.165, 1.54) is 18.3 Å². The number of nitrogens with one attached hydrogen (secondary N) is 1. The molecule has 0 fully saturated rings. The second kappa shape index (κ2) is 13.4. The van der Waals surface area contributed by atoms with E-state index in [9.17, 15) is 14.9 Å². The molecule has 0 unspecified atom stereocenters. The van der Waals surface area contributed by atoms with Crippen LogP contribution in [0.25, 0.3) is 5.69 Å². The molecule has 1 N–H and O–H groups in total. The fourth-order valence-electron chi connectivity index (χ4n) is 4.51. The van der Waals surface area contributed by atoms with Crippen molar-refractivity contribution >= 4 is 33.7 Å². The molecular formula is C33H29BrN4O6. The summed E-state index contributed by atoms with van der Waals surface area (Å²) >= 11 is 3.35. The van der Waals surface area contributed by atoms with Gasteiger partial charge in [-0.1, -0.05) is 29.8 Å². The molecule has 224 valence electrons. The first kappa shape index (κ1) is 30.3. The minimum atomic E-state index is -0.582. The number of nitrogens with zero attached hydrogens (tertiary/aromatic N) is 3. The number of nitro groups is 1. The smallest absolute Gasteiger partial charge is 0.312 e. The van der Waals surface area contributed by atoms with E-state index >= 15 is 0 Å². The summed E-state index contributed by atoms with van der Waals surface area (Å²) in [4.78, 5) is 23.8. The van der Waals surface area contributed by atoms with Crippen molar-refractivity contribution in [1.82, 2.24) is 9.99 Å². The lowest BCUT2D eigenvalue weighted by Gasteiger charge is -2.10. The largest absolute Gasteiger partial charge is 0.486 e. The normalized spacial score (nSPS) is 11.1. The Morgan fingerprint density at radius 1 is 0.955 bits per heavy atom. The fraction of sp³-hybridized carbons (Fsp3) is 0.152. The second-order valence-corrected chi connectivity index (χ2v) is 10.9. The van der Waals surface area contributed by atoms with Gasteiger partial charge in [0.2, 0.25) is 5.75 Å². The van der Waals surface area contributed by atoms with Gasteiger partial charge in [-0.3, -0.25) is 14.9 Å². The number of carbonyl (C=O) groups is 1. The summed E-state index contributed by atoms with van der Waals surface area (Å²) in [6.07, 6.45) is 1.30. The van der Waals surface area contributed by atoms with E-state index in [1.54, 1.807) is 12.1 Å². The molecular weight excluding hydrogens is 628 g/mol. The van der Waals surface area contributed by atoms with Crippen molar-refractivity contribution < 1.29 is 23.6 Å². The topological polar surface area (TPSA) is 121 Å². The van der Waals surface area contributed by atoms with Crippen molar-refractivity contribution in [3.63, 3.8) is 0 Å². The molecule has 0 saturated carbocycles. The molecule has 0 radical (unpaired) electrons. The van der Waals surface area contributed by atoms with Gasteiger partial charge in [-0.25, -0.2) is 5.43 Å². The Balaban J connectivity index is 1.16. The number of carbonyl (C=O) groups excluding carboxylic acids is 1. The third-order valence-corrected chi connectivity index (χ3v) is 7.35. The second-order valence-electron chi connectivity index (χ2n) is 10.1. The maximum Gasteiger partial charge on any atom is 0.312 e. The Hall–Kier alpha value is -5.16. The molecule has 1 amide bonds. The van der Waals surface area contributed by atoms with Crippen LogP contribution in [0, 0.1) is 30.9 Å². The third-order valence-electron chi connectivity index (χ3n) is 6.76. The van der Waals surface area contributed by atoms with Crippen LogP contribution < -0.4 is 14.9 Å². The summed E-state index contributed by atoms with van der Waals surface area (Å²) < 4.78 is 19.7. The van der Waals surface area contributed by atoms with Gasteiger partial charge >= 0.3 is 11.6 Å². The number of amides is 1. The highest BCUT2D eigenvalue weighted by Crippen LogP contribution is 2.36. The van der Waals surface area contributed by atoms with Crippen molar-refractivity contribution in [2.24, 2.45) is 5.10 Å². The molecule has 0 aliphatic carbocycles. The van der Waals surface area contributed by atoms with Gasteiger partial charge in [0, 0.05) is 28.7 Å². The summed E-state index contributed by atoms with van der Waals surface area (Å²) in [5.41, 5.74) is 7.84. The Morgan fingerprint density at radius 3 is 2.34 bits per heavy atom. The zero-order chi connectivity index (χ0) is 31.2. The number of aromatic nitrogens is 1. The number of aryl methyl sites for hydroxylation is 3. The number of rotatable bonds is 11. The van der Waals surface area contributed by atoms with E-state index < -0.39 is 10.8 Å². The third kappa shape index (κ3) is 7.24. The molecule has 0 aliphatic rings. The zero-order valence-electron chi connectivity index (χ0n) is 24.2. The van der Waals surface area contributed by atoms with Gasteiger partial charge < -0.3 is 18.5 Å². The van der Waals surface area contributed by atoms with Crippen LogP contribution in [0.3, 0.4) is 0 Å². The summed E-state index contributed by atoms with van der Waals surface area (Å²) in [6, 6.07) is 25.7. The Morgan fingerprint density at radius 2 is 1.66 bits per heavy atom.